The van der Waals surface area contributed by atoms with Crippen LogP contribution in [0.4, 0.5) is 10.5 Å². The van der Waals surface area contributed by atoms with Gasteiger partial charge >= 0.3 is 12.0 Å². The molecule has 8 heteroatoms. The molecular weight excluding hydrogens is 377 g/mol. The molecule has 1 saturated heterocycles. The van der Waals surface area contributed by atoms with Crippen molar-refractivity contribution in [3.8, 4) is 0 Å². The lowest BCUT2D eigenvalue weighted by Gasteiger charge is -2.13. The zero-order valence-corrected chi connectivity index (χ0v) is 12.4. The van der Waals surface area contributed by atoms with E-state index in [-0.39, 0.29) is 29.6 Å². The lowest BCUT2D eigenvalue weighted by atomic mass is 10.2. The van der Waals surface area contributed by atoms with E-state index in [9.17, 15) is 14.4 Å². The quantitative estimate of drug-likeness (QED) is 0.579. The Hall–Kier alpha value is -1.84. The van der Waals surface area contributed by atoms with Crippen LogP contribution in [0.15, 0.2) is 18.2 Å². The number of urea groups is 1. The van der Waals surface area contributed by atoms with Crippen LogP contribution in [0.5, 0.6) is 0 Å². The van der Waals surface area contributed by atoms with Crippen molar-refractivity contribution in [1.29, 1.82) is 0 Å². The highest BCUT2D eigenvalue weighted by Gasteiger charge is 2.23. The van der Waals surface area contributed by atoms with E-state index in [0.717, 1.165) is 3.57 Å². The molecule has 1 heterocycles. The molecule has 1 fully saturated rings. The molecular formula is C12H12IN3O4. The molecule has 1 aliphatic rings. The van der Waals surface area contributed by atoms with Crippen molar-refractivity contribution in [2.24, 2.45) is 0 Å². The third kappa shape index (κ3) is 3.59. The van der Waals surface area contributed by atoms with Gasteiger partial charge in [-0.25, -0.2) is 9.59 Å². The van der Waals surface area contributed by atoms with E-state index in [1.54, 1.807) is 6.07 Å². The summed E-state index contributed by atoms with van der Waals surface area (Å²) in [5.74, 6) is -1.23. The zero-order chi connectivity index (χ0) is 14.7. The van der Waals surface area contributed by atoms with E-state index in [1.165, 1.54) is 12.1 Å². The lowest BCUT2D eigenvalue weighted by Crippen LogP contribution is -2.39. The summed E-state index contributed by atoms with van der Waals surface area (Å²) < 4.78 is 0.761. The molecule has 1 aliphatic heterocycles. The summed E-state index contributed by atoms with van der Waals surface area (Å²) in [5.41, 5.74) is 0.236. The van der Waals surface area contributed by atoms with Gasteiger partial charge in [0.25, 0.3) is 0 Å². The molecule has 1 atom stereocenters. The van der Waals surface area contributed by atoms with Gasteiger partial charge in [0.05, 0.1) is 17.3 Å². The van der Waals surface area contributed by atoms with Crippen molar-refractivity contribution in [1.82, 2.24) is 10.6 Å². The predicted molar refractivity (Wildman–Crippen MR) is 79.7 cm³/mol. The number of carboxylic acids is 1. The van der Waals surface area contributed by atoms with E-state index in [0.29, 0.717) is 6.54 Å². The fourth-order valence-corrected chi connectivity index (χ4v) is 2.34. The highest BCUT2D eigenvalue weighted by atomic mass is 127. The second kappa shape index (κ2) is 6.07. The van der Waals surface area contributed by atoms with Gasteiger partial charge < -0.3 is 21.1 Å². The maximum Gasteiger partial charge on any atom is 0.337 e. The number of halogens is 1. The number of hydrogen-bond acceptors (Lipinski definition) is 3. The lowest BCUT2D eigenvalue weighted by molar-refractivity contribution is -0.119. The standard InChI is InChI=1S/C12H12IN3O4/c13-6-1-2-9(8(3-6)11(18)19)16-12(20)15-7-4-10(17)14-5-7/h1-3,7H,4-5H2,(H,14,17)(H,18,19)(H2,15,16,20). The van der Waals surface area contributed by atoms with Crippen LogP contribution in [-0.2, 0) is 4.79 Å². The van der Waals surface area contributed by atoms with Crippen molar-refractivity contribution >= 4 is 46.2 Å². The van der Waals surface area contributed by atoms with Crippen molar-refractivity contribution in [3.05, 3.63) is 27.3 Å². The van der Waals surface area contributed by atoms with Crippen LogP contribution in [0.25, 0.3) is 0 Å². The Balaban J connectivity index is 2.04. The van der Waals surface area contributed by atoms with Gasteiger partial charge in [0.2, 0.25) is 5.91 Å². The second-order valence-corrected chi connectivity index (χ2v) is 5.54. The van der Waals surface area contributed by atoms with Gasteiger partial charge in [0.1, 0.15) is 0 Å². The van der Waals surface area contributed by atoms with Crippen LogP contribution >= 0.6 is 22.6 Å². The topological polar surface area (TPSA) is 108 Å². The summed E-state index contributed by atoms with van der Waals surface area (Å²) in [6.45, 7) is 0.380. The van der Waals surface area contributed by atoms with Gasteiger partial charge in [-0.1, -0.05) is 0 Å². The number of hydrogen-bond donors (Lipinski definition) is 4. The Labute approximate surface area is 128 Å². The van der Waals surface area contributed by atoms with Gasteiger partial charge in [-0.3, -0.25) is 4.79 Å². The maximum absolute atomic E-state index is 11.8. The Morgan fingerprint density at radius 1 is 1.40 bits per heavy atom. The Kier molecular flexibility index (Phi) is 4.42. The highest BCUT2D eigenvalue weighted by Crippen LogP contribution is 2.19. The first-order valence-electron chi connectivity index (χ1n) is 5.83. The molecule has 0 bridgehead atoms. The molecule has 0 aliphatic carbocycles. The molecule has 3 amide bonds. The summed E-state index contributed by atoms with van der Waals surface area (Å²) >= 11 is 1.99. The number of rotatable bonds is 3. The maximum atomic E-state index is 11.8. The zero-order valence-electron chi connectivity index (χ0n) is 10.3. The Morgan fingerprint density at radius 3 is 2.75 bits per heavy atom. The molecule has 20 heavy (non-hydrogen) atoms. The van der Waals surface area contributed by atoms with Crippen LogP contribution in [0, 0.1) is 3.57 Å². The first-order valence-corrected chi connectivity index (χ1v) is 6.90. The summed E-state index contributed by atoms with van der Waals surface area (Å²) in [7, 11) is 0. The van der Waals surface area contributed by atoms with Crippen LogP contribution < -0.4 is 16.0 Å². The van der Waals surface area contributed by atoms with E-state index < -0.39 is 12.0 Å². The molecule has 4 N–H and O–H groups in total. The average molecular weight is 389 g/mol. The van der Waals surface area contributed by atoms with Crippen molar-refractivity contribution < 1.29 is 19.5 Å². The molecule has 7 nitrogen and oxygen atoms in total. The van der Waals surface area contributed by atoms with Crippen molar-refractivity contribution in [2.75, 3.05) is 11.9 Å². The number of nitrogens with one attached hydrogen (secondary N) is 3. The summed E-state index contributed by atoms with van der Waals surface area (Å²) in [4.78, 5) is 33.9. The fraction of sp³-hybridized carbons (Fsp3) is 0.250. The fourth-order valence-electron chi connectivity index (χ4n) is 1.85. The number of aromatic carboxylic acids is 1. The predicted octanol–water partition coefficient (Wildman–Crippen LogP) is 0.999. The van der Waals surface area contributed by atoms with E-state index in [1.807, 2.05) is 22.6 Å². The van der Waals surface area contributed by atoms with Gasteiger partial charge in [0.15, 0.2) is 0 Å². The van der Waals surface area contributed by atoms with Gasteiger partial charge in [-0.2, -0.15) is 0 Å². The number of carbonyl (C=O) groups excluding carboxylic acids is 2. The van der Waals surface area contributed by atoms with E-state index in [4.69, 9.17) is 5.11 Å². The average Bonchev–Trinajstić information content (AvgIpc) is 2.76. The van der Waals surface area contributed by atoms with Gasteiger partial charge in [-0.05, 0) is 40.8 Å². The molecule has 1 aromatic carbocycles. The molecule has 0 spiro atoms. The minimum absolute atomic E-state index is 0.0210. The van der Waals surface area contributed by atoms with Gasteiger partial charge in [-0.15, -0.1) is 0 Å². The number of carbonyl (C=O) groups is 3. The first kappa shape index (κ1) is 14.6. The number of benzene rings is 1. The number of amides is 3. The van der Waals surface area contributed by atoms with Crippen LogP contribution in [-0.4, -0.2) is 35.6 Å². The SMILES string of the molecule is O=C1CC(NC(=O)Nc2ccc(I)cc2C(=O)O)CN1. The Bertz CT molecular complexity index is 576. The number of anilines is 1. The number of carboxylic acid groups (broad SMARTS) is 1. The Morgan fingerprint density at radius 2 is 2.15 bits per heavy atom. The molecule has 1 aromatic rings. The molecule has 2 rings (SSSR count). The molecule has 0 saturated carbocycles. The van der Waals surface area contributed by atoms with Crippen molar-refractivity contribution in [2.45, 2.75) is 12.5 Å². The third-order valence-electron chi connectivity index (χ3n) is 2.77. The normalized spacial score (nSPS) is 17.4. The molecule has 0 aromatic heterocycles. The third-order valence-corrected chi connectivity index (χ3v) is 3.44. The summed E-state index contributed by atoms with van der Waals surface area (Å²) in [6.07, 6.45) is 0.228. The van der Waals surface area contributed by atoms with E-state index >= 15 is 0 Å². The minimum Gasteiger partial charge on any atom is -0.478 e. The summed E-state index contributed by atoms with van der Waals surface area (Å²) in [6, 6.07) is 3.89. The minimum atomic E-state index is -1.11. The molecule has 1 unspecified atom stereocenters. The monoisotopic (exact) mass is 389 g/mol. The molecule has 106 valence electrons. The summed E-state index contributed by atoms with van der Waals surface area (Å²) in [5, 5.41) is 16.8. The largest absolute Gasteiger partial charge is 0.478 e. The van der Waals surface area contributed by atoms with Crippen LogP contribution in [0.1, 0.15) is 16.8 Å². The first-order chi connectivity index (χ1) is 9.45. The smallest absolute Gasteiger partial charge is 0.337 e. The van der Waals surface area contributed by atoms with Crippen LogP contribution in [0.2, 0.25) is 0 Å². The van der Waals surface area contributed by atoms with Gasteiger partial charge in [0, 0.05) is 16.5 Å². The second-order valence-electron chi connectivity index (χ2n) is 4.30. The molecule has 0 radical (unpaired) electrons. The van der Waals surface area contributed by atoms with Crippen LogP contribution in [0.3, 0.4) is 0 Å². The van der Waals surface area contributed by atoms with E-state index in [2.05, 4.69) is 16.0 Å². The highest BCUT2D eigenvalue weighted by molar-refractivity contribution is 14.1. The van der Waals surface area contributed by atoms with Crippen molar-refractivity contribution in [3.63, 3.8) is 0 Å².